The van der Waals surface area contributed by atoms with Gasteiger partial charge in [0.1, 0.15) is 0 Å². The number of hydrogen-bond donors (Lipinski definition) is 2. The Hall–Kier alpha value is -1.82. The number of nitrogens with zero attached hydrogens (tertiary/aromatic N) is 1. The maximum Gasteiger partial charge on any atom is 0.262 e. The lowest BCUT2D eigenvalue weighted by atomic mass is 10.1. The standard InChI is InChI=1S/C14H19N3O2S/c1-4-5-12-6-8-13(9-7-12)20(18,19)17-14-10(2)15-16-11(14)3/h6-9,17H,4-5H2,1-3H3,(H,15,16). The molecule has 0 unspecified atom stereocenters. The maximum absolute atomic E-state index is 12.3. The van der Waals surface area contributed by atoms with Crippen LogP contribution in [0.15, 0.2) is 29.2 Å². The number of nitrogens with one attached hydrogen (secondary N) is 2. The molecule has 0 aliphatic rings. The summed E-state index contributed by atoms with van der Waals surface area (Å²) in [5.41, 5.74) is 2.99. The van der Waals surface area contributed by atoms with E-state index in [0.717, 1.165) is 18.4 Å². The first-order valence-electron chi connectivity index (χ1n) is 6.57. The largest absolute Gasteiger partial charge is 0.280 e. The van der Waals surface area contributed by atoms with E-state index >= 15 is 0 Å². The summed E-state index contributed by atoms with van der Waals surface area (Å²) in [4.78, 5) is 0.261. The third-order valence-corrected chi connectivity index (χ3v) is 4.50. The molecule has 5 nitrogen and oxygen atoms in total. The van der Waals surface area contributed by atoms with Crippen LogP contribution < -0.4 is 4.72 Å². The molecule has 0 saturated carbocycles. The smallest absolute Gasteiger partial charge is 0.262 e. The van der Waals surface area contributed by atoms with Crippen LogP contribution in [0.25, 0.3) is 0 Å². The van der Waals surface area contributed by atoms with E-state index in [1.807, 2.05) is 12.1 Å². The van der Waals surface area contributed by atoms with Crippen LogP contribution in [0, 0.1) is 13.8 Å². The van der Waals surface area contributed by atoms with Gasteiger partial charge in [-0.3, -0.25) is 9.82 Å². The fourth-order valence-corrected chi connectivity index (χ4v) is 3.20. The van der Waals surface area contributed by atoms with Crippen molar-refractivity contribution in [2.24, 2.45) is 0 Å². The van der Waals surface area contributed by atoms with Gasteiger partial charge in [-0.2, -0.15) is 5.10 Å². The molecule has 2 rings (SSSR count). The predicted octanol–water partition coefficient (Wildman–Crippen LogP) is 2.78. The van der Waals surface area contributed by atoms with Gasteiger partial charge < -0.3 is 0 Å². The summed E-state index contributed by atoms with van der Waals surface area (Å²) in [6.07, 6.45) is 1.99. The molecule has 1 aromatic heterocycles. The summed E-state index contributed by atoms with van der Waals surface area (Å²) < 4.78 is 27.2. The summed E-state index contributed by atoms with van der Waals surface area (Å²) in [6.45, 7) is 5.63. The lowest BCUT2D eigenvalue weighted by Gasteiger charge is -2.08. The molecule has 1 aromatic carbocycles. The number of aryl methyl sites for hydroxylation is 3. The normalized spacial score (nSPS) is 11.6. The molecular weight excluding hydrogens is 274 g/mol. The van der Waals surface area contributed by atoms with E-state index in [0.29, 0.717) is 17.1 Å². The molecule has 2 N–H and O–H groups in total. The average Bonchev–Trinajstić information content (AvgIpc) is 2.71. The third-order valence-electron chi connectivity index (χ3n) is 3.14. The third kappa shape index (κ3) is 3.01. The first-order chi connectivity index (χ1) is 9.44. The highest BCUT2D eigenvalue weighted by atomic mass is 32.2. The minimum absolute atomic E-state index is 0.261. The first kappa shape index (κ1) is 14.6. The SMILES string of the molecule is CCCc1ccc(S(=O)(=O)Nc2c(C)n[nH]c2C)cc1. The predicted molar refractivity (Wildman–Crippen MR) is 79.3 cm³/mol. The van der Waals surface area contributed by atoms with Crippen molar-refractivity contribution in [2.45, 2.75) is 38.5 Å². The molecule has 20 heavy (non-hydrogen) atoms. The van der Waals surface area contributed by atoms with Gasteiger partial charge >= 0.3 is 0 Å². The summed E-state index contributed by atoms with van der Waals surface area (Å²) in [7, 11) is -3.57. The molecule has 2 aromatic rings. The van der Waals surface area contributed by atoms with Gasteiger partial charge in [0.25, 0.3) is 10.0 Å². The van der Waals surface area contributed by atoms with E-state index in [-0.39, 0.29) is 4.90 Å². The zero-order valence-corrected chi connectivity index (χ0v) is 12.7. The highest BCUT2D eigenvalue weighted by Crippen LogP contribution is 2.21. The van der Waals surface area contributed by atoms with Crippen molar-refractivity contribution in [3.8, 4) is 0 Å². The second-order valence-electron chi connectivity index (χ2n) is 4.81. The molecule has 0 saturated heterocycles. The topological polar surface area (TPSA) is 74.8 Å². The first-order valence-corrected chi connectivity index (χ1v) is 8.05. The minimum Gasteiger partial charge on any atom is -0.280 e. The Balaban J connectivity index is 2.26. The molecule has 0 fully saturated rings. The van der Waals surface area contributed by atoms with Crippen molar-refractivity contribution in [2.75, 3.05) is 4.72 Å². The number of sulfonamides is 1. The van der Waals surface area contributed by atoms with E-state index in [1.165, 1.54) is 0 Å². The van der Waals surface area contributed by atoms with Gasteiger partial charge in [0, 0.05) is 0 Å². The number of benzene rings is 1. The van der Waals surface area contributed by atoms with Crippen molar-refractivity contribution >= 4 is 15.7 Å². The Morgan fingerprint density at radius 2 is 1.85 bits per heavy atom. The van der Waals surface area contributed by atoms with E-state index in [1.54, 1.807) is 26.0 Å². The van der Waals surface area contributed by atoms with Crippen molar-refractivity contribution in [1.29, 1.82) is 0 Å². The Morgan fingerprint density at radius 1 is 1.20 bits per heavy atom. The van der Waals surface area contributed by atoms with Gasteiger partial charge in [-0.25, -0.2) is 8.42 Å². The van der Waals surface area contributed by atoms with E-state index in [9.17, 15) is 8.42 Å². The Labute approximate surface area is 119 Å². The molecule has 0 amide bonds. The monoisotopic (exact) mass is 293 g/mol. The van der Waals surface area contributed by atoms with Crippen molar-refractivity contribution in [3.05, 3.63) is 41.2 Å². The molecule has 6 heteroatoms. The molecule has 0 radical (unpaired) electrons. The fourth-order valence-electron chi connectivity index (χ4n) is 2.02. The highest BCUT2D eigenvalue weighted by Gasteiger charge is 2.17. The number of H-pyrrole nitrogens is 1. The van der Waals surface area contributed by atoms with Crippen molar-refractivity contribution in [1.82, 2.24) is 10.2 Å². The summed E-state index contributed by atoms with van der Waals surface area (Å²) >= 11 is 0. The maximum atomic E-state index is 12.3. The second-order valence-corrected chi connectivity index (χ2v) is 6.49. The lowest BCUT2D eigenvalue weighted by Crippen LogP contribution is -2.14. The van der Waals surface area contributed by atoms with Crippen LogP contribution in [-0.4, -0.2) is 18.6 Å². The van der Waals surface area contributed by atoms with Crippen molar-refractivity contribution < 1.29 is 8.42 Å². The van der Waals surface area contributed by atoms with E-state index in [4.69, 9.17) is 0 Å². The van der Waals surface area contributed by atoms with Crippen LogP contribution in [-0.2, 0) is 16.4 Å². The average molecular weight is 293 g/mol. The zero-order chi connectivity index (χ0) is 14.8. The van der Waals surface area contributed by atoms with Crippen LogP contribution in [0.5, 0.6) is 0 Å². The molecular formula is C14H19N3O2S. The van der Waals surface area contributed by atoms with E-state index in [2.05, 4.69) is 21.8 Å². The van der Waals surface area contributed by atoms with Crippen LogP contribution in [0.4, 0.5) is 5.69 Å². The lowest BCUT2D eigenvalue weighted by molar-refractivity contribution is 0.601. The minimum atomic E-state index is -3.57. The highest BCUT2D eigenvalue weighted by molar-refractivity contribution is 7.92. The number of rotatable bonds is 5. The van der Waals surface area contributed by atoms with Gasteiger partial charge in [0.2, 0.25) is 0 Å². The zero-order valence-electron chi connectivity index (χ0n) is 11.9. The van der Waals surface area contributed by atoms with Crippen LogP contribution in [0.1, 0.15) is 30.3 Å². The molecule has 0 aliphatic carbocycles. The summed E-state index contributed by atoms with van der Waals surface area (Å²) in [6, 6.07) is 6.98. The molecule has 0 spiro atoms. The fraction of sp³-hybridized carbons (Fsp3) is 0.357. The molecule has 1 heterocycles. The quantitative estimate of drug-likeness (QED) is 0.890. The molecule has 0 atom stereocenters. The van der Waals surface area contributed by atoms with E-state index < -0.39 is 10.0 Å². The number of aromatic nitrogens is 2. The van der Waals surface area contributed by atoms with Crippen LogP contribution >= 0.6 is 0 Å². The van der Waals surface area contributed by atoms with Gasteiger partial charge in [0.15, 0.2) is 0 Å². The van der Waals surface area contributed by atoms with Gasteiger partial charge in [0.05, 0.1) is 22.0 Å². The molecule has 0 bridgehead atoms. The van der Waals surface area contributed by atoms with Crippen molar-refractivity contribution in [3.63, 3.8) is 0 Å². The number of aromatic amines is 1. The molecule has 0 aliphatic heterocycles. The Kier molecular flexibility index (Phi) is 4.13. The number of hydrogen-bond acceptors (Lipinski definition) is 3. The Bertz CT molecular complexity index is 668. The second kappa shape index (κ2) is 5.66. The van der Waals surface area contributed by atoms with Gasteiger partial charge in [-0.15, -0.1) is 0 Å². The van der Waals surface area contributed by atoms with Gasteiger partial charge in [-0.05, 0) is 38.0 Å². The number of anilines is 1. The summed E-state index contributed by atoms with van der Waals surface area (Å²) in [5.74, 6) is 0. The molecule has 108 valence electrons. The summed E-state index contributed by atoms with van der Waals surface area (Å²) in [5, 5.41) is 6.74. The Morgan fingerprint density at radius 3 is 2.35 bits per heavy atom. The van der Waals surface area contributed by atoms with Gasteiger partial charge in [-0.1, -0.05) is 25.5 Å². The van der Waals surface area contributed by atoms with Crippen LogP contribution in [0.2, 0.25) is 0 Å². The van der Waals surface area contributed by atoms with Crippen LogP contribution in [0.3, 0.4) is 0 Å².